The van der Waals surface area contributed by atoms with Gasteiger partial charge in [-0.1, -0.05) is 6.07 Å². The zero-order chi connectivity index (χ0) is 12.8. The number of carbonyl (C=O) groups excluding carboxylic acids is 2. The highest BCUT2D eigenvalue weighted by Gasteiger charge is 2.15. The SMILES string of the molecule is CCOC(=O)Cc1ccc(C=O)c([N+](=O)[O-])c1. The van der Waals surface area contributed by atoms with Crippen molar-refractivity contribution in [3.63, 3.8) is 0 Å². The molecule has 0 aliphatic carbocycles. The van der Waals surface area contributed by atoms with Crippen LogP contribution in [0, 0.1) is 10.1 Å². The molecule has 0 radical (unpaired) electrons. The number of hydrogen-bond donors (Lipinski definition) is 0. The van der Waals surface area contributed by atoms with Crippen LogP contribution in [0.15, 0.2) is 18.2 Å². The highest BCUT2D eigenvalue weighted by atomic mass is 16.6. The van der Waals surface area contributed by atoms with Gasteiger partial charge in [0, 0.05) is 6.07 Å². The summed E-state index contributed by atoms with van der Waals surface area (Å²) >= 11 is 0. The number of nitro groups is 1. The molecular weight excluding hydrogens is 226 g/mol. The quantitative estimate of drug-likeness (QED) is 0.335. The van der Waals surface area contributed by atoms with Crippen molar-refractivity contribution >= 4 is 17.9 Å². The topological polar surface area (TPSA) is 86.5 Å². The number of rotatable bonds is 5. The molecule has 0 unspecified atom stereocenters. The Bertz CT molecular complexity index is 455. The van der Waals surface area contributed by atoms with Crippen LogP contribution >= 0.6 is 0 Å². The van der Waals surface area contributed by atoms with E-state index in [9.17, 15) is 19.7 Å². The second-order valence-corrected chi connectivity index (χ2v) is 3.25. The summed E-state index contributed by atoms with van der Waals surface area (Å²) in [5.41, 5.74) is 0.130. The Labute approximate surface area is 97.3 Å². The Balaban J connectivity index is 2.96. The third kappa shape index (κ3) is 3.37. The highest BCUT2D eigenvalue weighted by Crippen LogP contribution is 2.19. The fraction of sp³-hybridized carbons (Fsp3) is 0.273. The van der Waals surface area contributed by atoms with Gasteiger partial charge in [0.1, 0.15) is 0 Å². The molecule has 0 aromatic heterocycles. The summed E-state index contributed by atoms with van der Waals surface area (Å²) in [5.74, 6) is -0.458. The van der Waals surface area contributed by atoms with E-state index in [0.29, 0.717) is 11.8 Å². The lowest BCUT2D eigenvalue weighted by Crippen LogP contribution is -2.08. The lowest BCUT2D eigenvalue weighted by Gasteiger charge is -2.02. The van der Waals surface area contributed by atoms with Gasteiger partial charge < -0.3 is 4.74 Å². The van der Waals surface area contributed by atoms with Crippen LogP contribution in [0.4, 0.5) is 5.69 Å². The molecule has 0 saturated carbocycles. The van der Waals surface area contributed by atoms with Gasteiger partial charge in [0.15, 0.2) is 6.29 Å². The standard InChI is InChI=1S/C11H11NO5/c1-2-17-11(14)6-8-3-4-9(7-13)10(5-8)12(15)16/h3-5,7H,2,6H2,1H3. The van der Waals surface area contributed by atoms with Crippen molar-refractivity contribution in [2.45, 2.75) is 13.3 Å². The molecule has 1 rings (SSSR count). The van der Waals surface area contributed by atoms with E-state index >= 15 is 0 Å². The van der Waals surface area contributed by atoms with Gasteiger partial charge in [0.05, 0.1) is 23.5 Å². The second-order valence-electron chi connectivity index (χ2n) is 3.25. The molecule has 0 fully saturated rings. The van der Waals surface area contributed by atoms with Gasteiger partial charge in [0.25, 0.3) is 5.69 Å². The van der Waals surface area contributed by atoms with Crippen LogP contribution in [0.2, 0.25) is 0 Å². The smallest absolute Gasteiger partial charge is 0.310 e. The van der Waals surface area contributed by atoms with Gasteiger partial charge in [-0.2, -0.15) is 0 Å². The first-order valence-electron chi connectivity index (χ1n) is 4.96. The van der Waals surface area contributed by atoms with Crippen molar-refractivity contribution in [2.75, 3.05) is 6.61 Å². The molecule has 0 bridgehead atoms. The van der Waals surface area contributed by atoms with Crippen molar-refractivity contribution < 1.29 is 19.2 Å². The zero-order valence-corrected chi connectivity index (χ0v) is 9.21. The number of esters is 1. The summed E-state index contributed by atoms with van der Waals surface area (Å²) in [4.78, 5) is 31.8. The first kappa shape index (κ1) is 12.8. The summed E-state index contributed by atoms with van der Waals surface area (Å²) in [6, 6.07) is 4.02. The van der Waals surface area contributed by atoms with Crippen LogP contribution in [0.5, 0.6) is 0 Å². The molecule has 17 heavy (non-hydrogen) atoms. The average Bonchev–Trinajstić information content (AvgIpc) is 2.29. The van der Waals surface area contributed by atoms with Crippen LogP contribution in [0.25, 0.3) is 0 Å². The maximum Gasteiger partial charge on any atom is 0.310 e. The minimum Gasteiger partial charge on any atom is -0.466 e. The first-order valence-corrected chi connectivity index (χ1v) is 4.96. The highest BCUT2D eigenvalue weighted by molar-refractivity contribution is 5.82. The van der Waals surface area contributed by atoms with E-state index < -0.39 is 10.9 Å². The van der Waals surface area contributed by atoms with Gasteiger partial charge in [-0.3, -0.25) is 19.7 Å². The monoisotopic (exact) mass is 237 g/mol. The number of carbonyl (C=O) groups is 2. The van der Waals surface area contributed by atoms with E-state index in [2.05, 4.69) is 0 Å². The predicted octanol–water partition coefficient (Wildman–Crippen LogP) is 1.51. The van der Waals surface area contributed by atoms with Crippen molar-refractivity contribution in [1.29, 1.82) is 0 Å². The Hall–Kier alpha value is -2.24. The fourth-order valence-corrected chi connectivity index (χ4v) is 1.34. The van der Waals surface area contributed by atoms with Gasteiger partial charge >= 0.3 is 5.97 Å². The molecule has 90 valence electrons. The van der Waals surface area contributed by atoms with Crippen LogP contribution in [-0.4, -0.2) is 23.8 Å². The Morgan fingerprint density at radius 3 is 2.76 bits per heavy atom. The minimum absolute atomic E-state index is 0.0115. The lowest BCUT2D eigenvalue weighted by molar-refractivity contribution is -0.385. The molecule has 0 amide bonds. The van der Waals surface area contributed by atoms with Crippen LogP contribution in [-0.2, 0) is 16.0 Å². The maximum atomic E-state index is 11.2. The van der Waals surface area contributed by atoms with E-state index in [1.54, 1.807) is 6.92 Å². The molecule has 0 heterocycles. The van der Waals surface area contributed by atoms with E-state index in [4.69, 9.17) is 4.74 Å². The van der Waals surface area contributed by atoms with E-state index in [1.807, 2.05) is 0 Å². The third-order valence-corrected chi connectivity index (χ3v) is 2.07. The summed E-state index contributed by atoms with van der Waals surface area (Å²) in [5, 5.41) is 10.7. The summed E-state index contributed by atoms with van der Waals surface area (Å²) in [6.07, 6.45) is 0.361. The van der Waals surface area contributed by atoms with Crippen LogP contribution in [0.1, 0.15) is 22.8 Å². The predicted molar refractivity (Wildman–Crippen MR) is 58.8 cm³/mol. The number of nitro benzene ring substituents is 1. The normalized spacial score (nSPS) is 9.71. The molecule has 0 N–H and O–H groups in total. The molecule has 0 aliphatic heterocycles. The number of ether oxygens (including phenoxy) is 1. The minimum atomic E-state index is -0.654. The van der Waals surface area contributed by atoms with Gasteiger partial charge in [-0.05, 0) is 18.6 Å². The number of aldehydes is 1. The largest absolute Gasteiger partial charge is 0.466 e. The molecule has 0 atom stereocenters. The number of hydrogen-bond acceptors (Lipinski definition) is 5. The Morgan fingerprint density at radius 1 is 1.53 bits per heavy atom. The molecule has 6 nitrogen and oxygen atoms in total. The van der Waals surface area contributed by atoms with Gasteiger partial charge in [-0.15, -0.1) is 0 Å². The Kier molecular flexibility index (Phi) is 4.33. The zero-order valence-electron chi connectivity index (χ0n) is 9.21. The first-order chi connectivity index (χ1) is 8.08. The third-order valence-electron chi connectivity index (χ3n) is 2.07. The van der Waals surface area contributed by atoms with E-state index in [-0.39, 0.29) is 24.3 Å². The summed E-state index contributed by atoms with van der Waals surface area (Å²) in [6.45, 7) is 1.93. The van der Waals surface area contributed by atoms with Crippen molar-refractivity contribution in [1.82, 2.24) is 0 Å². The van der Waals surface area contributed by atoms with Crippen molar-refractivity contribution in [3.8, 4) is 0 Å². The molecule has 1 aromatic carbocycles. The molecule has 0 spiro atoms. The maximum absolute atomic E-state index is 11.2. The molecular formula is C11H11NO5. The van der Waals surface area contributed by atoms with Gasteiger partial charge in [0.2, 0.25) is 0 Å². The summed E-state index contributed by atoms with van der Waals surface area (Å²) < 4.78 is 4.72. The number of nitrogens with zero attached hydrogens (tertiary/aromatic N) is 1. The number of benzene rings is 1. The fourth-order valence-electron chi connectivity index (χ4n) is 1.34. The van der Waals surface area contributed by atoms with Crippen LogP contribution < -0.4 is 0 Å². The average molecular weight is 237 g/mol. The summed E-state index contributed by atoms with van der Waals surface area (Å²) in [7, 11) is 0. The molecule has 1 aromatic rings. The van der Waals surface area contributed by atoms with E-state index in [0.717, 1.165) is 0 Å². The van der Waals surface area contributed by atoms with E-state index in [1.165, 1.54) is 18.2 Å². The van der Waals surface area contributed by atoms with Gasteiger partial charge in [-0.25, -0.2) is 0 Å². The molecule has 0 aliphatic rings. The molecule has 6 heteroatoms. The van der Waals surface area contributed by atoms with Crippen molar-refractivity contribution in [3.05, 3.63) is 39.4 Å². The lowest BCUT2D eigenvalue weighted by atomic mass is 10.1. The van der Waals surface area contributed by atoms with Crippen molar-refractivity contribution in [2.24, 2.45) is 0 Å². The Morgan fingerprint density at radius 2 is 2.24 bits per heavy atom. The van der Waals surface area contributed by atoms with Crippen LogP contribution in [0.3, 0.4) is 0 Å². The molecule has 0 saturated heterocycles. The second kappa shape index (κ2) is 5.74.